The van der Waals surface area contributed by atoms with Crippen LogP contribution < -0.4 is 16.2 Å². The zero-order valence-electron chi connectivity index (χ0n) is 16.4. The summed E-state index contributed by atoms with van der Waals surface area (Å²) in [6.07, 6.45) is 0.239. The number of carbonyl (C=O) groups excluding carboxylic acids is 3. The van der Waals surface area contributed by atoms with Crippen LogP contribution in [0, 0.1) is 0 Å². The van der Waals surface area contributed by atoms with Gasteiger partial charge in [-0.05, 0) is 25.0 Å². The molecule has 30 heavy (non-hydrogen) atoms. The zero-order valence-corrected chi connectivity index (χ0v) is 16.4. The Labute approximate surface area is 172 Å². The average Bonchev–Trinajstić information content (AvgIpc) is 3.50. The molecule has 2 aromatic rings. The summed E-state index contributed by atoms with van der Waals surface area (Å²) in [5.74, 6) is -1.73. The highest BCUT2D eigenvalue weighted by Gasteiger charge is 2.50. The molecular formula is C21H23N3O6. The van der Waals surface area contributed by atoms with E-state index in [2.05, 4.69) is 15.6 Å². The quantitative estimate of drug-likeness (QED) is 0.411. The molecule has 3 rings (SSSR count). The maximum absolute atomic E-state index is 12.8. The van der Waals surface area contributed by atoms with Gasteiger partial charge in [0.25, 0.3) is 5.91 Å². The number of amides is 2. The molecule has 0 spiro atoms. The minimum Gasteiger partial charge on any atom is -0.394 e. The van der Waals surface area contributed by atoms with E-state index in [1.807, 2.05) is 30.3 Å². The number of aliphatic hydroxyl groups is 1. The molecule has 0 bridgehead atoms. The normalized spacial score (nSPS) is 19.4. The molecule has 158 valence electrons. The fourth-order valence-corrected chi connectivity index (χ4v) is 2.96. The Bertz CT molecular complexity index is 983. The SMILES string of the molecule is C[C@@]1(C(=O)[C@H](Cc2ccccc2)NC(=O)[C@H](CO)NC(=O)c2cccc(=O)[nH]2)CO1. The van der Waals surface area contributed by atoms with Crippen molar-refractivity contribution in [2.24, 2.45) is 0 Å². The minimum absolute atomic E-state index is 0.0513. The first kappa shape index (κ1) is 21.4. The summed E-state index contributed by atoms with van der Waals surface area (Å²) in [5, 5.41) is 14.6. The number of ketones is 1. The average molecular weight is 413 g/mol. The van der Waals surface area contributed by atoms with Crippen LogP contribution in [-0.2, 0) is 20.7 Å². The van der Waals surface area contributed by atoms with Gasteiger partial charge in [0.2, 0.25) is 11.5 Å². The molecule has 9 nitrogen and oxygen atoms in total. The lowest BCUT2D eigenvalue weighted by Gasteiger charge is -2.23. The number of hydrogen-bond donors (Lipinski definition) is 4. The lowest BCUT2D eigenvalue weighted by Crippen LogP contribution is -2.55. The van der Waals surface area contributed by atoms with E-state index in [0.29, 0.717) is 0 Å². The number of ether oxygens (including phenoxy) is 1. The molecule has 1 aromatic heterocycles. The number of pyridine rings is 1. The molecule has 0 aliphatic carbocycles. The second kappa shape index (κ2) is 9.02. The van der Waals surface area contributed by atoms with E-state index in [4.69, 9.17) is 4.74 Å². The van der Waals surface area contributed by atoms with Gasteiger partial charge in [0.05, 0.1) is 19.3 Å². The first-order chi connectivity index (χ1) is 14.3. The summed E-state index contributed by atoms with van der Waals surface area (Å²) in [7, 11) is 0. The fraction of sp³-hybridized carbons (Fsp3) is 0.333. The van der Waals surface area contributed by atoms with Crippen LogP contribution in [0.4, 0.5) is 0 Å². The maximum Gasteiger partial charge on any atom is 0.268 e. The predicted molar refractivity (Wildman–Crippen MR) is 107 cm³/mol. The summed E-state index contributed by atoms with van der Waals surface area (Å²) in [6.45, 7) is 1.24. The van der Waals surface area contributed by atoms with E-state index in [1.54, 1.807) is 6.92 Å². The third kappa shape index (κ3) is 5.19. The Hall–Kier alpha value is -3.30. The molecule has 0 unspecified atom stereocenters. The summed E-state index contributed by atoms with van der Waals surface area (Å²) in [4.78, 5) is 51.5. The Kier molecular flexibility index (Phi) is 6.43. The van der Waals surface area contributed by atoms with Crippen molar-refractivity contribution in [3.63, 3.8) is 0 Å². The molecule has 1 saturated heterocycles. The lowest BCUT2D eigenvalue weighted by atomic mass is 9.94. The minimum atomic E-state index is -1.31. The number of carbonyl (C=O) groups is 3. The van der Waals surface area contributed by atoms with E-state index in [9.17, 15) is 24.3 Å². The van der Waals surface area contributed by atoms with Crippen LogP contribution in [0.5, 0.6) is 0 Å². The van der Waals surface area contributed by atoms with Gasteiger partial charge in [-0.15, -0.1) is 0 Å². The predicted octanol–water partition coefficient (Wildman–Crippen LogP) is -0.449. The van der Waals surface area contributed by atoms with Crippen LogP contribution in [0.25, 0.3) is 0 Å². The zero-order chi connectivity index (χ0) is 21.7. The van der Waals surface area contributed by atoms with Crippen molar-refractivity contribution < 1.29 is 24.2 Å². The second-order valence-corrected chi connectivity index (χ2v) is 7.27. The number of aromatic amines is 1. The van der Waals surface area contributed by atoms with Crippen molar-refractivity contribution in [2.45, 2.75) is 31.0 Å². The van der Waals surface area contributed by atoms with E-state index in [0.717, 1.165) is 5.56 Å². The van der Waals surface area contributed by atoms with E-state index in [1.165, 1.54) is 18.2 Å². The van der Waals surface area contributed by atoms with Gasteiger partial charge in [-0.2, -0.15) is 0 Å². The second-order valence-electron chi connectivity index (χ2n) is 7.27. The third-order valence-corrected chi connectivity index (χ3v) is 4.83. The molecule has 1 fully saturated rings. The molecular weight excluding hydrogens is 390 g/mol. The standard InChI is InChI=1S/C21H23N3O6/c1-21(12-30-21)18(27)15(10-13-6-3-2-4-7-13)23-20(29)16(11-25)24-19(28)14-8-5-9-17(26)22-14/h2-9,15-16,25H,10-12H2,1H3,(H,22,26)(H,23,29)(H,24,28)/t15-,16-,21-/m0/s1. The number of benzene rings is 1. The van der Waals surface area contributed by atoms with Crippen molar-refractivity contribution in [3.8, 4) is 0 Å². The highest BCUT2D eigenvalue weighted by atomic mass is 16.6. The van der Waals surface area contributed by atoms with Gasteiger partial charge < -0.3 is 25.5 Å². The van der Waals surface area contributed by atoms with Gasteiger partial charge >= 0.3 is 0 Å². The Morgan fingerprint density at radius 1 is 1.10 bits per heavy atom. The van der Waals surface area contributed by atoms with Gasteiger partial charge in [0.1, 0.15) is 17.3 Å². The summed E-state index contributed by atoms with van der Waals surface area (Å²) >= 11 is 0. The monoisotopic (exact) mass is 413 g/mol. The molecule has 2 heterocycles. The van der Waals surface area contributed by atoms with Crippen LogP contribution in [0.15, 0.2) is 53.3 Å². The lowest BCUT2D eigenvalue weighted by molar-refractivity contribution is -0.131. The molecule has 9 heteroatoms. The van der Waals surface area contributed by atoms with Crippen molar-refractivity contribution in [1.29, 1.82) is 0 Å². The van der Waals surface area contributed by atoms with Gasteiger partial charge in [0.15, 0.2) is 5.78 Å². The molecule has 3 atom stereocenters. The maximum atomic E-state index is 12.8. The largest absolute Gasteiger partial charge is 0.394 e. The topological polar surface area (TPSA) is 141 Å². The number of aliphatic hydroxyl groups excluding tert-OH is 1. The molecule has 0 radical (unpaired) electrons. The van der Waals surface area contributed by atoms with Crippen molar-refractivity contribution in [3.05, 3.63) is 70.1 Å². The van der Waals surface area contributed by atoms with Crippen LogP contribution >= 0.6 is 0 Å². The van der Waals surface area contributed by atoms with Crippen molar-refractivity contribution in [2.75, 3.05) is 13.2 Å². The number of epoxide rings is 1. The number of hydrogen-bond acceptors (Lipinski definition) is 6. The first-order valence-corrected chi connectivity index (χ1v) is 9.46. The van der Waals surface area contributed by atoms with Crippen molar-refractivity contribution >= 4 is 17.6 Å². The molecule has 2 amide bonds. The summed E-state index contributed by atoms with van der Waals surface area (Å²) in [6, 6.07) is 11.0. The summed E-state index contributed by atoms with van der Waals surface area (Å²) < 4.78 is 5.22. The number of Topliss-reactive ketones (excluding diaryl/α,β-unsaturated/α-hetero) is 1. The van der Waals surface area contributed by atoms with E-state index >= 15 is 0 Å². The van der Waals surface area contributed by atoms with Crippen LogP contribution in [0.1, 0.15) is 23.0 Å². The van der Waals surface area contributed by atoms with E-state index in [-0.39, 0.29) is 24.5 Å². The third-order valence-electron chi connectivity index (χ3n) is 4.83. The Balaban J connectivity index is 1.71. The van der Waals surface area contributed by atoms with Gasteiger partial charge in [0, 0.05) is 6.07 Å². The summed E-state index contributed by atoms with van der Waals surface area (Å²) in [5.41, 5.74) is -0.635. The van der Waals surface area contributed by atoms with E-state index < -0.39 is 41.7 Å². The van der Waals surface area contributed by atoms with Crippen LogP contribution in [0.2, 0.25) is 0 Å². The number of H-pyrrole nitrogens is 1. The molecule has 0 saturated carbocycles. The Morgan fingerprint density at radius 2 is 1.80 bits per heavy atom. The number of aromatic nitrogens is 1. The first-order valence-electron chi connectivity index (χ1n) is 9.46. The van der Waals surface area contributed by atoms with Gasteiger partial charge in [-0.3, -0.25) is 19.2 Å². The molecule has 4 N–H and O–H groups in total. The number of nitrogens with one attached hydrogen (secondary N) is 3. The fourth-order valence-electron chi connectivity index (χ4n) is 2.96. The highest BCUT2D eigenvalue weighted by molar-refractivity contribution is 5.99. The van der Waals surface area contributed by atoms with Crippen molar-refractivity contribution in [1.82, 2.24) is 15.6 Å². The molecule has 1 aromatic carbocycles. The molecule has 1 aliphatic heterocycles. The van der Waals surface area contributed by atoms with Crippen LogP contribution in [0.3, 0.4) is 0 Å². The number of rotatable bonds is 9. The highest BCUT2D eigenvalue weighted by Crippen LogP contribution is 2.29. The smallest absolute Gasteiger partial charge is 0.268 e. The molecule has 1 aliphatic rings. The van der Waals surface area contributed by atoms with Gasteiger partial charge in [-0.1, -0.05) is 36.4 Å². The van der Waals surface area contributed by atoms with Gasteiger partial charge in [-0.25, -0.2) is 0 Å². The Morgan fingerprint density at radius 3 is 2.40 bits per heavy atom. The van der Waals surface area contributed by atoms with Crippen LogP contribution in [-0.4, -0.2) is 58.6 Å².